The molecule has 2 fully saturated rings. The van der Waals surface area contributed by atoms with Crippen LogP contribution in [-0.2, 0) is 23.1 Å². The van der Waals surface area contributed by atoms with Crippen LogP contribution in [0.3, 0.4) is 0 Å². The Labute approximate surface area is 304 Å². The molecule has 0 saturated heterocycles. The third kappa shape index (κ3) is 9.60. The molecule has 49 heavy (non-hydrogen) atoms. The maximum Gasteiger partial charge on any atom is 0.308 e. The molecule has 0 spiro atoms. The van der Waals surface area contributed by atoms with Crippen molar-refractivity contribution in [3.05, 3.63) is 47.1 Å². The Hall–Kier alpha value is -1.26. The van der Waals surface area contributed by atoms with Crippen molar-refractivity contribution in [2.24, 2.45) is 11.3 Å². The van der Waals surface area contributed by atoms with E-state index >= 15 is 0 Å². The van der Waals surface area contributed by atoms with Crippen LogP contribution in [0.25, 0.3) is 0 Å². The SMILES string of the molecule is C=C1C(=CC=C2CCC[C@]3(C)C(CC)=CC[C@@H]23)C[C@](OCCC(=O)OC(C)(CC)CC)(O[Si](C)(C)C(C)(C)C)CC1O[Si](C)(C)C(C)(C)C. The zero-order valence-corrected chi connectivity index (χ0v) is 36.4. The van der Waals surface area contributed by atoms with Gasteiger partial charge >= 0.3 is 5.97 Å². The molecule has 3 aliphatic rings. The Morgan fingerprint density at radius 3 is 2.14 bits per heavy atom. The first-order chi connectivity index (χ1) is 22.4. The van der Waals surface area contributed by atoms with Crippen molar-refractivity contribution in [1.29, 1.82) is 0 Å². The molecule has 280 valence electrons. The summed E-state index contributed by atoms with van der Waals surface area (Å²) in [6.07, 6.45) is 15.8. The van der Waals surface area contributed by atoms with Gasteiger partial charge in [-0.05, 0) is 111 Å². The number of esters is 1. The molecule has 7 heteroatoms. The largest absolute Gasteiger partial charge is 0.459 e. The summed E-state index contributed by atoms with van der Waals surface area (Å²) in [7, 11) is -4.51. The van der Waals surface area contributed by atoms with Crippen molar-refractivity contribution in [3.8, 4) is 0 Å². The molecule has 3 rings (SSSR count). The van der Waals surface area contributed by atoms with E-state index in [0.29, 0.717) is 18.8 Å². The van der Waals surface area contributed by atoms with Gasteiger partial charge in [-0.1, -0.05) is 105 Å². The summed E-state index contributed by atoms with van der Waals surface area (Å²) in [4.78, 5) is 13.1. The lowest BCUT2D eigenvalue weighted by Gasteiger charge is -2.51. The van der Waals surface area contributed by atoms with Gasteiger partial charge in [0, 0.05) is 12.8 Å². The predicted octanol–water partition coefficient (Wildman–Crippen LogP) is 12.4. The third-order valence-electron chi connectivity index (χ3n) is 13.4. The van der Waals surface area contributed by atoms with Gasteiger partial charge in [0.1, 0.15) is 5.60 Å². The minimum absolute atomic E-state index is 0.0263. The zero-order chi connectivity index (χ0) is 37.3. The molecule has 4 atom stereocenters. The van der Waals surface area contributed by atoms with Crippen molar-refractivity contribution in [1.82, 2.24) is 0 Å². The molecule has 0 heterocycles. The molecule has 0 radical (unpaired) electrons. The van der Waals surface area contributed by atoms with E-state index in [1.54, 1.807) is 11.1 Å². The van der Waals surface area contributed by atoms with Gasteiger partial charge in [0.25, 0.3) is 0 Å². The monoisotopic (exact) mass is 715 g/mol. The smallest absolute Gasteiger partial charge is 0.308 e. The molecule has 0 aromatic carbocycles. The average molecular weight is 715 g/mol. The quantitative estimate of drug-likeness (QED) is 0.0823. The Morgan fingerprint density at radius 1 is 0.980 bits per heavy atom. The average Bonchev–Trinajstić information content (AvgIpc) is 3.33. The second-order valence-electron chi connectivity index (χ2n) is 18.9. The summed E-state index contributed by atoms with van der Waals surface area (Å²) in [6.45, 7) is 38.8. The Kier molecular flexibility index (Phi) is 13.2. The van der Waals surface area contributed by atoms with Crippen LogP contribution in [0.2, 0.25) is 36.3 Å². The van der Waals surface area contributed by atoms with Crippen molar-refractivity contribution in [3.63, 3.8) is 0 Å². The number of fused-ring (bicyclic) bond motifs is 1. The molecule has 0 aromatic rings. The summed E-state index contributed by atoms with van der Waals surface area (Å²) in [5, 5.41) is 0.00975. The van der Waals surface area contributed by atoms with Gasteiger partial charge < -0.3 is 18.3 Å². The highest BCUT2D eigenvalue weighted by Gasteiger charge is 2.52. The standard InChI is InChI=1S/C42H74O5Si2/c1-17-34-24-25-35-32(21-20-27-41(34,35)12)22-23-33-29-42(47-49(15,16)39(8,9)10,44-28-26-37(43)45-40(11,18-2)19-3)30-36(31(33)4)46-48(13,14)38(5,6)7/h22-24,35-36H,4,17-21,25-30H2,1-3,5-16H3/t35-,36?,41+,42-/m0/s1. The molecule has 3 aliphatic carbocycles. The van der Waals surface area contributed by atoms with Gasteiger partial charge in [-0.15, -0.1) is 0 Å². The van der Waals surface area contributed by atoms with Crippen LogP contribution in [0.4, 0.5) is 0 Å². The number of hydrogen-bond donors (Lipinski definition) is 0. The number of carbonyl (C=O) groups is 1. The van der Waals surface area contributed by atoms with E-state index < -0.39 is 28.0 Å². The number of carbonyl (C=O) groups excluding carboxylic acids is 1. The van der Waals surface area contributed by atoms with E-state index in [4.69, 9.17) is 24.9 Å². The van der Waals surface area contributed by atoms with Gasteiger partial charge in [0.15, 0.2) is 22.4 Å². The highest BCUT2D eigenvalue weighted by Crippen LogP contribution is 2.56. The van der Waals surface area contributed by atoms with E-state index in [-0.39, 0.29) is 40.6 Å². The molecule has 0 aliphatic heterocycles. The van der Waals surface area contributed by atoms with E-state index in [1.165, 1.54) is 12.8 Å². The second-order valence-corrected chi connectivity index (χ2v) is 28.3. The fourth-order valence-corrected chi connectivity index (χ4v) is 10.2. The van der Waals surface area contributed by atoms with Crippen molar-refractivity contribution in [2.45, 2.75) is 194 Å². The molecule has 0 bridgehead atoms. The molecule has 1 unspecified atom stereocenters. The molecule has 0 amide bonds. The van der Waals surface area contributed by atoms with Crippen LogP contribution in [0.1, 0.15) is 140 Å². The van der Waals surface area contributed by atoms with Crippen LogP contribution in [0, 0.1) is 11.3 Å². The zero-order valence-electron chi connectivity index (χ0n) is 34.4. The number of allylic oxidation sites excluding steroid dienone is 5. The fraction of sp³-hybridized carbons (Fsp3) is 0.786. The van der Waals surface area contributed by atoms with Crippen LogP contribution in [-0.4, -0.2) is 46.7 Å². The fourth-order valence-electron chi connectivity index (χ4n) is 7.44. The minimum atomic E-state index is -2.33. The first-order valence-electron chi connectivity index (χ1n) is 19.4. The Bertz CT molecular complexity index is 1290. The predicted molar refractivity (Wildman–Crippen MR) is 212 cm³/mol. The van der Waals surface area contributed by atoms with Crippen molar-refractivity contribution >= 4 is 22.6 Å². The first kappa shape index (κ1) is 42.2. The lowest BCUT2D eigenvalue weighted by molar-refractivity contribution is -0.211. The maximum absolute atomic E-state index is 13.1. The van der Waals surface area contributed by atoms with Gasteiger partial charge in [-0.25, -0.2) is 0 Å². The van der Waals surface area contributed by atoms with Crippen molar-refractivity contribution < 1.29 is 23.1 Å². The normalized spacial score (nSPS) is 29.0. The number of rotatable bonds is 13. The van der Waals surface area contributed by atoms with Crippen molar-refractivity contribution in [2.75, 3.05) is 6.61 Å². The molecule has 5 nitrogen and oxygen atoms in total. The lowest BCUT2D eigenvalue weighted by Crippen LogP contribution is -2.56. The van der Waals surface area contributed by atoms with Gasteiger partial charge in [-0.3, -0.25) is 4.79 Å². The summed E-state index contributed by atoms with van der Waals surface area (Å²) in [5.74, 6) is -0.594. The molecule has 0 aromatic heterocycles. The lowest BCUT2D eigenvalue weighted by atomic mass is 9.64. The second kappa shape index (κ2) is 15.4. The van der Waals surface area contributed by atoms with Gasteiger partial charge in [-0.2, -0.15) is 0 Å². The van der Waals surface area contributed by atoms with E-state index in [2.05, 4.69) is 114 Å². The summed E-state index contributed by atoms with van der Waals surface area (Å²) < 4.78 is 27.4. The maximum atomic E-state index is 13.1. The minimum Gasteiger partial charge on any atom is -0.459 e. The molecular formula is C42H74O5Si2. The third-order valence-corrected chi connectivity index (χ3v) is 22.3. The highest BCUT2D eigenvalue weighted by molar-refractivity contribution is 6.74. The van der Waals surface area contributed by atoms with Crippen LogP contribution >= 0.6 is 0 Å². The number of hydrogen-bond acceptors (Lipinski definition) is 5. The summed E-state index contributed by atoms with van der Waals surface area (Å²) in [6, 6.07) is 0. The summed E-state index contributed by atoms with van der Waals surface area (Å²) >= 11 is 0. The number of ether oxygens (including phenoxy) is 2. The Morgan fingerprint density at radius 2 is 1.59 bits per heavy atom. The van der Waals surface area contributed by atoms with Gasteiger partial charge in [0.05, 0.1) is 19.1 Å². The van der Waals surface area contributed by atoms with Crippen LogP contribution < -0.4 is 0 Å². The van der Waals surface area contributed by atoms with Gasteiger partial charge in [0.2, 0.25) is 0 Å². The van der Waals surface area contributed by atoms with E-state index in [0.717, 1.165) is 43.3 Å². The Balaban J connectivity index is 2.07. The highest BCUT2D eigenvalue weighted by atomic mass is 28.4. The topological polar surface area (TPSA) is 54.0 Å². The van der Waals surface area contributed by atoms with E-state index in [9.17, 15) is 4.79 Å². The molecular weight excluding hydrogens is 641 g/mol. The van der Waals surface area contributed by atoms with Crippen LogP contribution in [0.5, 0.6) is 0 Å². The van der Waals surface area contributed by atoms with Crippen LogP contribution in [0.15, 0.2) is 47.1 Å². The molecule has 0 N–H and O–H groups in total. The molecule has 2 saturated carbocycles. The first-order valence-corrected chi connectivity index (χ1v) is 25.2. The summed E-state index contributed by atoms with van der Waals surface area (Å²) in [5.41, 5.74) is 5.18. The van der Waals surface area contributed by atoms with E-state index in [1.807, 2.05) is 6.92 Å².